The monoisotopic (exact) mass is 355 g/mol. The van der Waals surface area contributed by atoms with E-state index >= 15 is 0 Å². The van der Waals surface area contributed by atoms with Crippen molar-refractivity contribution in [2.45, 2.75) is 6.54 Å². The summed E-state index contributed by atoms with van der Waals surface area (Å²) in [5.41, 5.74) is 0.0989. The van der Waals surface area contributed by atoms with Crippen LogP contribution >= 0.6 is 0 Å². The maximum Gasteiger partial charge on any atom is 0.267 e. The molecule has 2 heterocycles. The van der Waals surface area contributed by atoms with Crippen LogP contribution < -0.4 is 20.3 Å². The van der Waals surface area contributed by atoms with E-state index in [4.69, 9.17) is 9.47 Å². The molecule has 0 aliphatic rings. The summed E-state index contributed by atoms with van der Waals surface area (Å²) >= 11 is 0. The van der Waals surface area contributed by atoms with Gasteiger partial charge in [0.1, 0.15) is 18.0 Å². The van der Waals surface area contributed by atoms with E-state index in [1.54, 1.807) is 36.7 Å². The smallest absolute Gasteiger partial charge is 0.267 e. The summed E-state index contributed by atoms with van der Waals surface area (Å²) in [6.45, 7) is -0.243. The lowest BCUT2D eigenvalue weighted by molar-refractivity contribution is -0.117. The zero-order valence-electron chi connectivity index (χ0n) is 14.2. The minimum atomic E-state index is -0.410. The molecule has 0 saturated heterocycles. The fourth-order valence-electron chi connectivity index (χ4n) is 2.29. The summed E-state index contributed by atoms with van der Waals surface area (Å²) in [6, 6.07) is 9.60. The number of carbonyl (C=O) groups excluding carboxylic acids is 1. The van der Waals surface area contributed by atoms with E-state index in [0.717, 1.165) is 4.68 Å². The van der Waals surface area contributed by atoms with Crippen molar-refractivity contribution in [3.05, 3.63) is 59.1 Å². The Morgan fingerprint density at radius 1 is 1.15 bits per heavy atom. The second-order valence-electron chi connectivity index (χ2n) is 5.29. The first kappa shape index (κ1) is 17.2. The van der Waals surface area contributed by atoms with E-state index in [1.807, 2.05) is 0 Å². The number of aromatic nitrogens is 4. The third-order valence-electron chi connectivity index (χ3n) is 3.52. The van der Waals surface area contributed by atoms with Gasteiger partial charge in [-0.15, -0.1) is 5.10 Å². The lowest BCUT2D eigenvalue weighted by Gasteiger charge is -2.11. The molecule has 0 aliphatic heterocycles. The standard InChI is InChI=1S/C17H17N5O4/c1-25-13-8-12(9-14(10-13)26-2)19-16(23)11-22-17(24)5-4-15(20-22)21-7-3-6-18-21/h3-10H,11H2,1-2H3,(H,19,23). The van der Waals surface area contributed by atoms with E-state index in [-0.39, 0.29) is 12.1 Å². The van der Waals surface area contributed by atoms with Crippen molar-refractivity contribution >= 4 is 11.6 Å². The number of hydrogen-bond acceptors (Lipinski definition) is 6. The number of anilines is 1. The van der Waals surface area contributed by atoms with Crippen molar-refractivity contribution in [3.63, 3.8) is 0 Å². The molecular weight excluding hydrogens is 338 g/mol. The van der Waals surface area contributed by atoms with Crippen molar-refractivity contribution in [3.8, 4) is 17.3 Å². The van der Waals surface area contributed by atoms with E-state index in [0.29, 0.717) is 23.0 Å². The van der Waals surface area contributed by atoms with Crippen LogP contribution in [-0.4, -0.2) is 39.7 Å². The molecule has 0 atom stereocenters. The number of benzene rings is 1. The van der Waals surface area contributed by atoms with Gasteiger partial charge in [0.2, 0.25) is 5.91 Å². The minimum absolute atomic E-state index is 0.243. The van der Waals surface area contributed by atoms with Gasteiger partial charge in [0.05, 0.1) is 14.2 Å². The van der Waals surface area contributed by atoms with Crippen LogP contribution in [0.2, 0.25) is 0 Å². The molecule has 0 fully saturated rings. The number of carbonyl (C=O) groups is 1. The van der Waals surface area contributed by atoms with Gasteiger partial charge in [-0.2, -0.15) is 5.10 Å². The topological polar surface area (TPSA) is 100 Å². The van der Waals surface area contributed by atoms with Crippen LogP contribution in [0.4, 0.5) is 5.69 Å². The Morgan fingerprint density at radius 3 is 2.50 bits per heavy atom. The highest BCUT2D eigenvalue weighted by Gasteiger charge is 2.10. The highest BCUT2D eigenvalue weighted by molar-refractivity contribution is 5.91. The Balaban J connectivity index is 1.78. The maximum absolute atomic E-state index is 12.3. The number of methoxy groups -OCH3 is 2. The molecule has 0 spiro atoms. The number of amides is 1. The van der Waals surface area contributed by atoms with Gasteiger partial charge in [0, 0.05) is 42.3 Å². The van der Waals surface area contributed by atoms with Crippen LogP contribution in [0.1, 0.15) is 0 Å². The molecule has 134 valence electrons. The number of ether oxygens (including phenoxy) is 2. The molecule has 0 bridgehead atoms. The number of hydrogen-bond donors (Lipinski definition) is 1. The van der Waals surface area contributed by atoms with Gasteiger partial charge in [-0.25, -0.2) is 9.36 Å². The van der Waals surface area contributed by atoms with Gasteiger partial charge in [-0.3, -0.25) is 9.59 Å². The average Bonchev–Trinajstić information content (AvgIpc) is 3.17. The Labute approximate surface area is 148 Å². The molecule has 0 saturated carbocycles. The van der Waals surface area contributed by atoms with Crippen LogP contribution in [-0.2, 0) is 11.3 Å². The zero-order chi connectivity index (χ0) is 18.5. The fourth-order valence-corrected chi connectivity index (χ4v) is 2.29. The van der Waals surface area contributed by atoms with Gasteiger partial charge in [-0.1, -0.05) is 0 Å². The first-order valence-corrected chi connectivity index (χ1v) is 7.70. The molecule has 0 unspecified atom stereocenters. The van der Waals surface area contributed by atoms with Crippen molar-refractivity contribution in [2.24, 2.45) is 0 Å². The van der Waals surface area contributed by atoms with E-state index in [2.05, 4.69) is 15.5 Å². The lowest BCUT2D eigenvalue weighted by Crippen LogP contribution is -2.30. The molecule has 3 rings (SSSR count). The summed E-state index contributed by atoms with van der Waals surface area (Å²) in [6.07, 6.45) is 3.29. The normalized spacial score (nSPS) is 10.4. The van der Waals surface area contributed by atoms with Crippen LogP contribution in [0.3, 0.4) is 0 Å². The second-order valence-corrected chi connectivity index (χ2v) is 5.29. The Hall–Kier alpha value is -3.62. The Bertz CT molecular complexity index is 943. The average molecular weight is 355 g/mol. The summed E-state index contributed by atoms with van der Waals surface area (Å²) in [4.78, 5) is 24.3. The van der Waals surface area contributed by atoms with Gasteiger partial charge >= 0.3 is 0 Å². The molecule has 2 aromatic heterocycles. The third kappa shape index (κ3) is 3.89. The molecule has 3 aromatic rings. The summed E-state index contributed by atoms with van der Waals surface area (Å²) < 4.78 is 12.9. The third-order valence-corrected chi connectivity index (χ3v) is 3.52. The maximum atomic E-state index is 12.3. The van der Waals surface area contributed by atoms with Gasteiger partial charge in [0.25, 0.3) is 5.56 Å². The highest BCUT2D eigenvalue weighted by Crippen LogP contribution is 2.25. The molecule has 9 nitrogen and oxygen atoms in total. The molecule has 0 radical (unpaired) electrons. The SMILES string of the molecule is COc1cc(NC(=O)Cn2nc(-n3cccn3)ccc2=O)cc(OC)c1. The molecule has 1 N–H and O–H groups in total. The molecule has 1 amide bonds. The number of rotatable bonds is 6. The number of nitrogens with zero attached hydrogens (tertiary/aromatic N) is 4. The number of nitrogens with one attached hydrogen (secondary N) is 1. The predicted molar refractivity (Wildman–Crippen MR) is 93.8 cm³/mol. The largest absolute Gasteiger partial charge is 0.497 e. The van der Waals surface area contributed by atoms with E-state index < -0.39 is 5.91 Å². The van der Waals surface area contributed by atoms with E-state index in [1.165, 1.54) is 31.0 Å². The molecule has 9 heteroatoms. The predicted octanol–water partition coefficient (Wildman–Crippen LogP) is 1.08. The Morgan fingerprint density at radius 2 is 1.88 bits per heavy atom. The summed E-state index contributed by atoms with van der Waals surface area (Å²) in [5, 5.41) is 10.9. The second kappa shape index (κ2) is 7.51. The zero-order valence-corrected chi connectivity index (χ0v) is 14.2. The first-order valence-electron chi connectivity index (χ1n) is 7.70. The van der Waals surface area contributed by atoms with Gasteiger partial charge in [0.15, 0.2) is 5.82 Å². The highest BCUT2D eigenvalue weighted by atomic mass is 16.5. The summed E-state index contributed by atoms with van der Waals surface area (Å²) in [7, 11) is 3.04. The van der Waals surface area contributed by atoms with E-state index in [9.17, 15) is 9.59 Å². The van der Waals surface area contributed by atoms with Gasteiger partial charge in [-0.05, 0) is 12.1 Å². The molecule has 0 aliphatic carbocycles. The Kier molecular flexibility index (Phi) is 4.97. The van der Waals surface area contributed by atoms with Crippen molar-refractivity contribution in [2.75, 3.05) is 19.5 Å². The first-order chi connectivity index (χ1) is 12.6. The van der Waals surface area contributed by atoms with Crippen LogP contribution in [0.25, 0.3) is 5.82 Å². The minimum Gasteiger partial charge on any atom is -0.497 e. The fraction of sp³-hybridized carbons (Fsp3) is 0.176. The molecular formula is C17H17N5O4. The van der Waals surface area contributed by atoms with Gasteiger partial charge < -0.3 is 14.8 Å². The molecule has 26 heavy (non-hydrogen) atoms. The van der Waals surface area contributed by atoms with Crippen molar-refractivity contribution < 1.29 is 14.3 Å². The van der Waals surface area contributed by atoms with Crippen LogP contribution in [0.15, 0.2) is 53.6 Å². The molecule has 1 aromatic carbocycles. The quantitative estimate of drug-likeness (QED) is 0.710. The van der Waals surface area contributed by atoms with Crippen LogP contribution in [0, 0.1) is 0 Å². The van der Waals surface area contributed by atoms with Crippen molar-refractivity contribution in [1.82, 2.24) is 19.6 Å². The van der Waals surface area contributed by atoms with Crippen molar-refractivity contribution in [1.29, 1.82) is 0 Å². The lowest BCUT2D eigenvalue weighted by atomic mass is 10.2. The summed E-state index contributed by atoms with van der Waals surface area (Å²) in [5.74, 6) is 1.10. The van der Waals surface area contributed by atoms with Crippen LogP contribution in [0.5, 0.6) is 11.5 Å².